The number of carbonyl (C=O) groups excluding carboxylic acids is 2. The highest BCUT2D eigenvalue weighted by atomic mass is 35.5. The topological polar surface area (TPSA) is 64.6 Å². The van der Waals surface area contributed by atoms with Crippen molar-refractivity contribution in [3.8, 4) is 0 Å². The van der Waals surface area contributed by atoms with E-state index in [2.05, 4.69) is 10.1 Å². The van der Waals surface area contributed by atoms with Crippen LogP contribution in [0, 0.1) is 11.7 Å². The van der Waals surface area contributed by atoms with Crippen LogP contribution in [0.3, 0.4) is 0 Å². The van der Waals surface area contributed by atoms with Crippen molar-refractivity contribution in [2.24, 2.45) is 5.92 Å². The van der Waals surface area contributed by atoms with Crippen molar-refractivity contribution in [3.05, 3.63) is 34.6 Å². The third-order valence-electron chi connectivity index (χ3n) is 3.30. The van der Waals surface area contributed by atoms with Crippen LogP contribution >= 0.6 is 11.6 Å². The molecule has 0 spiro atoms. The fourth-order valence-corrected chi connectivity index (χ4v) is 2.21. The monoisotopic (exact) mass is 315 g/mol. The second-order valence-electron chi connectivity index (χ2n) is 4.70. The summed E-state index contributed by atoms with van der Waals surface area (Å²) in [6, 6.07) is 2.83. The molecule has 0 aliphatic carbocycles. The highest BCUT2D eigenvalue weighted by molar-refractivity contribution is 6.30. The number of hydrogen-bond acceptors (Lipinski definition) is 4. The van der Waals surface area contributed by atoms with Crippen LogP contribution < -0.4 is 5.32 Å². The molecule has 0 radical (unpaired) electrons. The van der Waals surface area contributed by atoms with Gasteiger partial charge in [-0.15, -0.1) is 0 Å². The summed E-state index contributed by atoms with van der Waals surface area (Å²) in [4.78, 5) is 23.9. The Morgan fingerprint density at radius 2 is 2.29 bits per heavy atom. The summed E-state index contributed by atoms with van der Waals surface area (Å²) in [6.45, 7) is 0.825. The van der Waals surface area contributed by atoms with E-state index in [9.17, 15) is 14.0 Å². The maximum atomic E-state index is 13.5. The van der Waals surface area contributed by atoms with Crippen LogP contribution in [0.25, 0.3) is 0 Å². The molecular weight excluding hydrogens is 301 g/mol. The SMILES string of the molecule is COC(=O)[C@@H](NC(=O)[C@@H]1CCOC1)c1ccc(Cl)c(F)c1. The number of nitrogens with one attached hydrogen (secondary N) is 1. The Balaban J connectivity index is 2.19. The Morgan fingerprint density at radius 3 is 2.86 bits per heavy atom. The van der Waals surface area contributed by atoms with E-state index < -0.39 is 17.8 Å². The molecule has 1 aliphatic heterocycles. The molecule has 1 saturated heterocycles. The molecule has 114 valence electrons. The van der Waals surface area contributed by atoms with E-state index in [0.717, 1.165) is 6.07 Å². The first-order valence-electron chi connectivity index (χ1n) is 6.44. The fraction of sp³-hybridized carbons (Fsp3) is 0.429. The number of halogens is 2. The molecule has 1 aromatic carbocycles. The molecular formula is C14H15ClFNO4. The summed E-state index contributed by atoms with van der Waals surface area (Å²) in [6.07, 6.45) is 0.592. The fourth-order valence-electron chi connectivity index (χ4n) is 2.09. The summed E-state index contributed by atoms with van der Waals surface area (Å²) in [7, 11) is 1.20. The number of rotatable bonds is 4. The van der Waals surface area contributed by atoms with Gasteiger partial charge in [-0.3, -0.25) is 4.79 Å². The Hall–Kier alpha value is -1.66. The van der Waals surface area contributed by atoms with Gasteiger partial charge in [-0.1, -0.05) is 17.7 Å². The minimum absolute atomic E-state index is 0.0575. The summed E-state index contributed by atoms with van der Waals surface area (Å²) in [5.74, 6) is -1.97. The van der Waals surface area contributed by atoms with Crippen LogP contribution in [-0.2, 0) is 19.1 Å². The van der Waals surface area contributed by atoms with Crippen molar-refractivity contribution in [3.63, 3.8) is 0 Å². The lowest BCUT2D eigenvalue weighted by Crippen LogP contribution is -2.38. The Labute approximate surface area is 126 Å². The van der Waals surface area contributed by atoms with E-state index in [-0.39, 0.29) is 22.4 Å². The predicted molar refractivity (Wildman–Crippen MR) is 73.2 cm³/mol. The lowest BCUT2D eigenvalue weighted by molar-refractivity contribution is -0.145. The molecule has 1 heterocycles. The van der Waals surface area contributed by atoms with E-state index in [1.165, 1.54) is 19.2 Å². The van der Waals surface area contributed by atoms with Gasteiger partial charge >= 0.3 is 5.97 Å². The minimum atomic E-state index is -1.07. The zero-order valence-electron chi connectivity index (χ0n) is 11.4. The molecule has 1 fully saturated rings. The van der Waals surface area contributed by atoms with Crippen molar-refractivity contribution >= 4 is 23.5 Å². The van der Waals surface area contributed by atoms with Crippen LogP contribution in [0.1, 0.15) is 18.0 Å². The number of amides is 1. The van der Waals surface area contributed by atoms with Gasteiger partial charge in [-0.2, -0.15) is 0 Å². The second kappa shape index (κ2) is 6.87. The first-order chi connectivity index (χ1) is 10.0. The third kappa shape index (κ3) is 3.71. The molecule has 5 nitrogen and oxygen atoms in total. The number of hydrogen-bond donors (Lipinski definition) is 1. The number of carbonyl (C=O) groups is 2. The lowest BCUT2D eigenvalue weighted by Gasteiger charge is -2.19. The van der Waals surface area contributed by atoms with Crippen LogP contribution in [0.15, 0.2) is 18.2 Å². The van der Waals surface area contributed by atoms with Crippen molar-refractivity contribution in [2.45, 2.75) is 12.5 Å². The minimum Gasteiger partial charge on any atom is -0.467 e. The van der Waals surface area contributed by atoms with Gasteiger partial charge in [-0.25, -0.2) is 9.18 Å². The van der Waals surface area contributed by atoms with Gasteiger partial charge in [0.1, 0.15) is 5.82 Å². The molecule has 0 unspecified atom stereocenters. The average Bonchev–Trinajstić information content (AvgIpc) is 3.01. The van der Waals surface area contributed by atoms with Gasteiger partial charge in [0, 0.05) is 6.61 Å². The van der Waals surface area contributed by atoms with Gasteiger partial charge in [0.2, 0.25) is 5.91 Å². The standard InChI is InChI=1S/C14H15ClFNO4/c1-20-14(19)12(8-2-3-10(15)11(16)6-8)17-13(18)9-4-5-21-7-9/h2-3,6,9,12H,4-5,7H2,1H3,(H,17,18)/t9-,12+/m1/s1. The molecule has 2 rings (SSSR count). The molecule has 0 bridgehead atoms. The van der Waals surface area contributed by atoms with Gasteiger partial charge in [0.15, 0.2) is 6.04 Å². The van der Waals surface area contributed by atoms with Gasteiger partial charge in [0.05, 0.1) is 24.7 Å². The summed E-state index contributed by atoms with van der Waals surface area (Å²) in [5, 5.41) is 2.51. The van der Waals surface area contributed by atoms with Crippen LogP contribution in [-0.4, -0.2) is 32.2 Å². The average molecular weight is 316 g/mol. The Morgan fingerprint density at radius 1 is 1.52 bits per heavy atom. The van der Waals surface area contributed by atoms with Crippen LogP contribution in [0.2, 0.25) is 5.02 Å². The second-order valence-corrected chi connectivity index (χ2v) is 5.11. The van der Waals surface area contributed by atoms with E-state index >= 15 is 0 Å². The van der Waals surface area contributed by atoms with E-state index in [0.29, 0.717) is 19.6 Å². The summed E-state index contributed by atoms with van der Waals surface area (Å²) < 4.78 is 23.3. The molecule has 2 atom stereocenters. The molecule has 21 heavy (non-hydrogen) atoms. The van der Waals surface area contributed by atoms with Crippen molar-refractivity contribution in [1.29, 1.82) is 0 Å². The van der Waals surface area contributed by atoms with Gasteiger partial charge < -0.3 is 14.8 Å². The molecule has 1 aliphatic rings. The lowest BCUT2D eigenvalue weighted by atomic mass is 10.0. The largest absolute Gasteiger partial charge is 0.467 e. The zero-order chi connectivity index (χ0) is 15.4. The Bertz CT molecular complexity index is 546. The molecule has 1 amide bonds. The molecule has 0 aromatic heterocycles. The number of ether oxygens (including phenoxy) is 2. The van der Waals surface area contributed by atoms with Crippen molar-refractivity contribution in [2.75, 3.05) is 20.3 Å². The van der Waals surface area contributed by atoms with E-state index in [4.69, 9.17) is 16.3 Å². The van der Waals surface area contributed by atoms with Gasteiger partial charge in [0.25, 0.3) is 0 Å². The van der Waals surface area contributed by atoms with Crippen LogP contribution in [0.5, 0.6) is 0 Å². The first-order valence-corrected chi connectivity index (χ1v) is 6.81. The van der Waals surface area contributed by atoms with E-state index in [1.54, 1.807) is 0 Å². The van der Waals surface area contributed by atoms with E-state index in [1.807, 2.05) is 0 Å². The van der Waals surface area contributed by atoms with Crippen molar-refractivity contribution < 1.29 is 23.5 Å². The van der Waals surface area contributed by atoms with Gasteiger partial charge in [-0.05, 0) is 24.1 Å². The predicted octanol–water partition coefficient (Wildman–Crippen LogP) is 1.85. The first kappa shape index (κ1) is 15.7. The quantitative estimate of drug-likeness (QED) is 0.861. The number of methoxy groups -OCH3 is 1. The molecule has 0 saturated carbocycles. The Kier molecular flexibility index (Phi) is 5.14. The van der Waals surface area contributed by atoms with Crippen molar-refractivity contribution in [1.82, 2.24) is 5.32 Å². The third-order valence-corrected chi connectivity index (χ3v) is 3.61. The maximum absolute atomic E-state index is 13.5. The highest BCUT2D eigenvalue weighted by Crippen LogP contribution is 2.22. The summed E-state index contributed by atoms with van der Waals surface area (Å²) >= 11 is 5.61. The zero-order valence-corrected chi connectivity index (χ0v) is 12.2. The molecule has 1 aromatic rings. The molecule has 7 heteroatoms. The molecule has 1 N–H and O–H groups in total. The smallest absolute Gasteiger partial charge is 0.333 e. The summed E-state index contributed by atoms with van der Waals surface area (Å²) in [5.41, 5.74) is 0.274. The highest BCUT2D eigenvalue weighted by Gasteiger charge is 2.30. The number of benzene rings is 1. The normalized spacial score (nSPS) is 19.1. The maximum Gasteiger partial charge on any atom is 0.333 e. The van der Waals surface area contributed by atoms with Crippen LogP contribution in [0.4, 0.5) is 4.39 Å². The number of esters is 1.